The molecule has 2 aromatic carbocycles. The average molecular weight is 401 g/mol. The van der Waals surface area contributed by atoms with Crippen LogP contribution in [0.1, 0.15) is 12.0 Å². The minimum Gasteiger partial charge on any atom is -0.457 e. The van der Waals surface area contributed by atoms with Crippen molar-refractivity contribution in [2.24, 2.45) is 5.16 Å². The van der Waals surface area contributed by atoms with E-state index in [1.165, 1.54) is 43.0 Å². The highest BCUT2D eigenvalue weighted by molar-refractivity contribution is 5.80. The Morgan fingerprint density at radius 3 is 2.14 bits per heavy atom. The van der Waals surface area contributed by atoms with E-state index in [-0.39, 0.29) is 17.2 Å². The van der Waals surface area contributed by atoms with Gasteiger partial charge in [0, 0.05) is 5.56 Å². The van der Waals surface area contributed by atoms with Crippen LogP contribution in [-0.4, -0.2) is 22.0 Å². The first-order chi connectivity index (χ1) is 14.0. The van der Waals surface area contributed by atoms with E-state index < -0.39 is 18.2 Å². The van der Waals surface area contributed by atoms with E-state index in [0.717, 1.165) is 0 Å². The van der Waals surface area contributed by atoms with Crippen LogP contribution < -0.4 is 9.47 Å². The fourth-order valence-electron chi connectivity index (χ4n) is 2.82. The molecule has 1 aliphatic rings. The van der Waals surface area contributed by atoms with Gasteiger partial charge in [0.05, 0.1) is 18.8 Å². The highest BCUT2D eigenvalue weighted by Gasteiger charge is 2.63. The van der Waals surface area contributed by atoms with E-state index in [2.05, 4.69) is 15.1 Å². The Bertz CT molecular complexity index is 996. The summed E-state index contributed by atoms with van der Waals surface area (Å²) in [6, 6.07) is 14.4. The molecule has 0 N–H and O–H groups in total. The Labute approximate surface area is 163 Å². The predicted molar refractivity (Wildman–Crippen MR) is 96.5 cm³/mol. The second-order valence-corrected chi connectivity index (χ2v) is 6.19. The number of nitrogens with zero attached hydrogens (tertiary/aromatic N) is 3. The summed E-state index contributed by atoms with van der Waals surface area (Å²) in [6.07, 6.45) is -1.43. The van der Waals surface area contributed by atoms with Crippen molar-refractivity contribution < 1.29 is 27.5 Å². The summed E-state index contributed by atoms with van der Waals surface area (Å²) in [4.78, 5) is 12.4. The molecule has 6 nitrogen and oxygen atoms in total. The lowest BCUT2D eigenvalue weighted by Crippen LogP contribution is -2.43. The van der Waals surface area contributed by atoms with Gasteiger partial charge in [0.25, 0.3) is 5.60 Å². The zero-order chi connectivity index (χ0) is 20.3. The van der Waals surface area contributed by atoms with E-state index in [1.54, 1.807) is 24.3 Å². The number of oxime groups is 1. The topological polar surface area (TPSA) is 65.8 Å². The number of para-hydroxylation sites is 1. The molecular formula is C20H14F3N3O3. The number of hydrogen-bond donors (Lipinski definition) is 0. The SMILES string of the molecule is FC(F)(F)[C@]1(c2ccc(Oc3ccccc3)cc2)CC(Oc2cncnc2)=NO1. The standard InChI is InChI=1S/C20H14F3N3O3/c21-20(22,23)19(10-18(26-29-19)28-17-11-24-13-25-12-17)14-6-8-16(9-7-14)27-15-4-2-1-3-5-15/h1-9,11-13H,10H2/t19-/m1/s1. The van der Waals surface area contributed by atoms with Gasteiger partial charge in [0.1, 0.15) is 17.8 Å². The van der Waals surface area contributed by atoms with Crippen molar-refractivity contribution >= 4 is 5.90 Å². The molecule has 0 spiro atoms. The third-order valence-corrected chi connectivity index (χ3v) is 4.23. The monoisotopic (exact) mass is 401 g/mol. The molecule has 3 aromatic rings. The first-order valence-electron chi connectivity index (χ1n) is 8.54. The van der Waals surface area contributed by atoms with Gasteiger partial charge in [-0.25, -0.2) is 9.97 Å². The molecule has 0 saturated heterocycles. The summed E-state index contributed by atoms with van der Waals surface area (Å²) in [6.45, 7) is 0. The predicted octanol–water partition coefficient (Wildman–Crippen LogP) is 4.84. The van der Waals surface area contributed by atoms with Crippen LogP contribution in [0.5, 0.6) is 17.2 Å². The van der Waals surface area contributed by atoms with Crippen molar-refractivity contribution in [3.63, 3.8) is 0 Å². The molecule has 2 heterocycles. The van der Waals surface area contributed by atoms with Crippen LogP contribution in [0.2, 0.25) is 0 Å². The second kappa shape index (κ2) is 7.42. The van der Waals surface area contributed by atoms with Gasteiger partial charge in [-0.15, -0.1) is 0 Å². The van der Waals surface area contributed by atoms with Crippen molar-refractivity contribution in [1.82, 2.24) is 9.97 Å². The fraction of sp³-hybridized carbons (Fsp3) is 0.150. The summed E-state index contributed by atoms with van der Waals surface area (Å²) >= 11 is 0. The van der Waals surface area contributed by atoms with Crippen molar-refractivity contribution in [3.8, 4) is 17.2 Å². The third-order valence-electron chi connectivity index (χ3n) is 4.23. The maximum Gasteiger partial charge on any atom is 0.435 e. The number of aromatic nitrogens is 2. The minimum absolute atomic E-state index is 0.114. The van der Waals surface area contributed by atoms with Gasteiger partial charge in [0.2, 0.25) is 5.90 Å². The lowest BCUT2D eigenvalue weighted by molar-refractivity contribution is -0.275. The minimum atomic E-state index is -4.73. The number of rotatable bonds is 4. The van der Waals surface area contributed by atoms with Gasteiger partial charge >= 0.3 is 6.18 Å². The summed E-state index contributed by atoms with van der Waals surface area (Å²) in [7, 11) is 0. The van der Waals surface area contributed by atoms with Crippen molar-refractivity contribution in [2.75, 3.05) is 0 Å². The molecule has 9 heteroatoms. The Morgan fingerprint density at radius 1 is 0.828 bits per heavy atom. The number of ether oxygens (including phenoxy) is 2. The molecule has 1 aliphatic heterocycles. The molecule has 0 radical (unpaired) electrons. The maximum atomic E-state index is 14.0. The number of benzene rings is 2. The summed E-state index contributed by atoms with van der Waals surface area (Å²) < 4.78 is 52.8. The smallest absolute Gasteiger partial charge is 0.435 e. The largest absolute Gasteiger partial charge is 0.457 e. The maximum absolute atomic E-state index is 14.0. The average Bonchev–Trinajstić information content (AvgIpc) is 3.15. The molecule has 29 heavy (non-hydrogen) atoms. The van der Waals surface area contributed by atoms with Gasteiger partial charge in [-0.3, -0.25) is 0 Å². The van der Waals surface area contributed by atoms with Crippen molar-refractivity contribution in [3.05, 3.63) is 78.9 Å². The number of hydrogen-bond acceptors (Lipinski definition) is 6. The van der Waals surface area contributed by atoms with Gasteiger partial charge in [-0.2, -0.15) is 13.2 Å². The van der Waals surface area contributed by atoms with Gasteiger partial charge in [0.15, 0.2) is 5.75 Å². The summed E-state index contributed by atoms with van der Waals surface area (Å²) in [5.41, 5.74) is -2.76. The molecule has 0 saturated carbocycles. The first kappa shape index (κ1) is 18.7. The zero-order valence-corrected chi connectivity index (χ0v) is 14.8. The molecule has 4 rings (SSSR count). The van der Waals surface area contributed by atoms with Gasteiger partial charge < -0.3 is 14.3 Å². The first-order valence-corrected chi connectivity index (χ1v) is 8.54. The zero-order valence-electron chi connectivity index (χ0n) is 14.8. The molecule has 148 valence electrons. The van der Waals surface area contributed by atoms with E-state index in [1.807, 2.05) is 6.07 Å². The third kappa shape index (κ3) is 3.84. The number of halogens is 3. The van der Waals surface area contributed by atoms with E-state index in [4.69, 9.17) is 14.3 Å². The van der Waals surface area contributed by atoms with E-state index >= 15 is 0 Å². The van der Waals surface area contributed by atoms with Crippen molar-refractivity contribution in [2.45, 2.75) is 18.2 Å². The molecule has 1 aromatic heterocycles. The van der Waals surface area contributed by atoms with Crippen LogP contribution in [0.3, 0.4) is 0 Å². The highest BCUT2D eigenvalue weighted by atomic mass is 19.4. The lowest BCUT2D eigenvalue weighted by Gasteiger charge is -2.29. The van der Waals surface area contributed by atoms with Crippen LogP contribution >= 0.6 is 0 Å². The van der Waals surface area contributed by atoms with Crippen LogP contribution in [0.15, 0.2) is 78.5 Å². The molecule has 0 unspecified atom stereocenters. The van der Waals surface area contributed by atoms with Crippen molar-refractivity contribution in [1.29, 1.82) is 0 Å². The Balaban J connectivity index is 1.55. The van der Waals surface area contributed by atoms with Gasteiger partial charge in [-0.05, 0) is 24.3 Å². The summed E-state index contributed by atoms with van der Waals surface area (Å²) in [5.74, 6) is 0.919. The molecule has 1 atom stereocenters. The van der Waals surface area contributed by atoms with Crippen LogP contribution in [0, 0.1) is 0 Å². The summed E-state index contributed by atoms with van der Waals surface area (Å²) in [5, 5.41) is 3.51. The normalized spacial score (nSPS) is 18.7. The Kier molecular flexibility index (Phi) is 4.79. The second-order valence-electron chi connectivity index (χ2n) is 6.19. The number of alkyl halides is 3. The molecule has 0 bridgehead atoms. The van der Waals surface area contributed by atoms with Crippen LogP contribution in [0.4, 0.5) is 13.2 Å². The van der Waals surface area contributed by atoms with Gasteiger partial charge in [-0.1, -0.05) is 35.5 Å². The molecule has 0 fully saturated rings. The quantitative estimate of drug-likeness (QED) is 0.626. The molecule has 0 aliphatic carbocycles. The van der Waals surface area contributed by atoms with E-state index in [9.17, 15) is 13.2 Å². The Hall–Kier alpha value is -3.62. The molecular weight excluding hydrogens is 387 g/mol. The molecule has 0 amide bonds. The fourth-order valence-corrected chi connectivity index (χ4v) is 2.82. The van der Waals surface area contributed by atoms with Crippen LogP contribution in [0.25, 0.3) is 0 Å². The Morgan fingerprint density at radius 2 is 1.48 bits per heavy atom. The van der Waals surface area contributed by atoms with Crippen LogP contribution in [-0.2, 0) is 10.4 Å². The highest BCUT2D eigenvalue weighted by Crippen LogP contribution is 2.48. The lowest BCUT2D eigenvalue weighted by atomic mass is 9.90. The van der Waals surface area contributed by atoms with E-state index in [0.29, 0.717) is 11.5 Å².